The molecule has 170 valence electrons. The van der Waals surface area contributed by atoms with E-state index in [4.69, 9.17) is 0 Å². The van der Waals surface area contributed by atoms with Crippen LogP contribution in [-0.2, 0) is 7.05 Å². The van der Waals surface area contributed by atoms with Crippen molar-refractivity contribution in [3.8, 4) is 0 Å². The summed E-state index contributed by atoms with van der Waals surface area (Å²) in [7, 11) is 1.74. The van der Waals surface area contributed by atoms with E-state index in [0.717, 1.165) is 17.5 Å². The molecule has 1 fully saturated rings. The van der Waals surface area contributed by atoms with E-state index in [0.29, 0.717) is 30.0 Å². The molecule has 0 radical (unpaired) electrons. The third kappa shape index (κ3) is 4.16. The van der Waals surface area contributed by atoms with Crippen molar-refractivity contribution < 1.29 is 18.0 Å². The average Bonchev–Trinajstić information content (AvgIpc) is 3.31. The molecule has 4 rings (SSSR count). The first-order valence-corrected chi connectivity index (χ1v) is 10.7. The topological polar surface area (TPSA) is 68.0 Å². The van der Waals surface area contributed by atoms with Gasteiger partial charge in [0.2, 0.25) is 0 Å². The number of nitrogens with zero attached hydrogens (tertiary/aromatic N) is 5. The second kappa shape index (κ2) is 7.56. The lowest BCUT2D eigenvalue weighted by Crippen LogP contribution is -2.44. The normalized spacial score (nSPS) is 24.6. The highest BCUT2D eigenvalue weighted by Crippen LogP contribution is 2.44. The molecule has 0 saturated carbocycles. The molecule has 3 atom stereocenters. The molecule has 2 aliphatic heterocycles. The second-order valence-electron chi connectivity index (χ2n) is 9.67. The van der Waals surface area contributed by atoms with Gasteiger partial charge >= 0.3 is 6.18 Å². The Bertz CT molecular complexity index is 957. The standard InChI is InChI=1S/C21H29F3N6O/c1-20(2,3)16-10-17(21(22,23)24)30-18(26-16)9-14(27-30)15-7-5-6-8-29(15)19(31)13-11-25-28(4)12-13/h9,11-12,15-17,26H,5-8,10H2,1-4H3/t15-,16-,17+/m0/s1. The van der Waals surface area contributed by atoms with Crippen LogP contribution in [0.1, 0.15) is 74.6 Å². The molecule has 2 aromatic rings. The van der Waals surface area contributed by atoms with Gasteiger partial charge in [0.15, 0.2) is 6.04 Å². The van der Waals surface area contributed by atoms with Crippen molar-refractivity contribution in [2.24, 2.45) is 12.5 Å². The zero-order valence-corrected chi connectivity index (χ0v) is 18.3. The van der Waals surface area contributed by atoms with E-state index in [1.807, 2.05) is 20.8 Å². The fourth-order valence-electron chi connectivity index (χ4n) is 4.50. The van der Waals surface area contributed by atoms with Crippen LogP contribution < -0.4 is 5.32 Å². The van der Waals surface area contributed by atoms with E-state index < -0.39 is 12.2 Å². The zero-order chi connectivity index (χ0) is 22.6. The Kier molecular flexibility index (Phi) is 5.29. The number of carbonyl (C=O) groups excluding carboxylic acids is 1. The molecule has 1 amide bonds. The summed E-state index contributed by atoms with van der Waals surface area (Å²) in [4.78, 5) is 14.8. The van der Waals surface area contributed by atoms with Gasteiger partial charge in [-0.1, -0.05) is 20.8 Å². The molecular formula is C21H29F3N6O. The molecule has 2 aromatic heterocycles. The van der Waals surface area contributed by atoms with Crippen LogP contribution in [0.25, 0.3) is 0 Å². The number of hydrogen-bond acceptors (Lipinski definition) is 4. The first-order valence-electron chi connectivity index (χ1n) is 10.7. The number of piperidine rings is 1. The Balaban J connectivity index is 1.68. The maximum atomic E-state index is 13.9. The predicted molar refractivity (Wildman–Crippen MR) is 110 cm³/mol. The molecule has 7 nitrogen and oxygen atoms in total. The highest BCUT2D eigenvalue weighted by atomic mass is 19.4. The van der Waals surface area contributed by atoms with Gasteiger partial charge in [-0.05, 0) is 31.1 Å². The molecule has 1 N–H and O–H groups in total. The number of anilines is 1. The highest BCUT2D eigenvalue weighted by molar-refractivity contribution is 5.94. The number of carbonyl (C=O) groups is 1. The van der Waals surface area contributed by atoms with Crippen LogP contribution in [0.2, 0.25) is 0 Å². The van der Waals surface area contributed by atoms with Crippen LogP contribution in [0.3, 0.4) is 0 Å². The summed E-state index contributed by atoms with van der Waals surface area (Å²) in [5.74, 6) is 0.194. The molecule has 0 aliphatic carbocycles. The number of halogens is 3. The van der Waals surface area contributed by atoms with Gasteiger partial charge in [-0.2, -0.15) is 23.4 Å². The maximum absolute atomic E-state index is 13.9. The Morgan fingerprint density at radius 3 is 2.58 bits per heavy atom. The van der Waals surface area contributed by atoms with Gasteiger partial charge in [-0.25, -0.2) is 4.68 Å². The third-order valence-corrected chi connectivity index (χ3v) is 6.31. The number of likely N-dealkylation sites (tertiary alicyclic amines) is 1. The molecule has 0 bridgehead atoms. The van der Waals surface area contributed by atoms with Crippen molar-refractivity contribution in [2.45, 2.75) is 70.8 Å². The zero-order valence-electron chi connectivity index (χ0n) is 18.3. The minimum atomic E-state index is -4.40. The Morgan fingerprint density at radius 1 is 1.23 bits per heavy atom. The summed E-state index contributed by atoms with van der Waals surface area (Å²) in [6, 6.07) is -0.692. The van der Waals surface area contributed by atoms with Crippen LogP contribution >= 0.6 is 0 Å². The average molecular weight is 438 g/mol. The van der Waals surface area contributed by atoms with Gasteiger partial charge < -0.3 is 10.2 Å². The van der Waals surface area contributed by atoms with Gasteiger partial charge in [0.25, 0.3) is 5.91 Å². The van der Waals surface area contributed by atoms with Crippen molar-refractivity contribution in [2.75, 3.05) is 11.9 Å². The van der Waals surface area contributed by atoms with Crippen molar-refractivity contribution >= 4 is 11.7 Å². The number of hydrogen-bond donors (Lipinski definition) is 1. The number of alkyl halides is 3. The molecule has 4 heterocycles. The summed E-state index contributed by atoms with van der Waals surface area (Å²) in [6.45, 7) is 6.34. The second-order valence-corrected chi connectivity index (χ2v) is 9.67. The summed E-state index contributed by atoms with van der Waals surface area (Å²) < 4.78 is 44.3. The van der Waals surface area contributed by atoms with Crippen molar-refractivity contribution in [1.29, 1.82) is 0 Å². The monoisotopic (exact) mass is 438 g/mol. The van der Waals surface area contributed by atoms with Crippen LogP contribution in [0, 0.1) is 5.41 Å². The number of rotatable bonds is 2. The largest absolute Gasteiger partial charge is 0.410 e. The van der Waals surface area contributed by atoms with Gasteiger partial charge in [0.05, 0.1) is 23.5 Å². The molecule has 0 unspecified atom stereocenters. The van der Waals surface area contributed by atoms with Crippen LogP contribution in [-0.4, -0.2) is 49.1 Å². The Morgan fingerprint density at radius 2 is 1.97 bits per heavy atom. The third-order valence-electron chi connectivity index (χ3n) is 6.31. The van der Waals surface area contributed by atoms with Crippen molar-refractivity contribution in [3.05, 3.63) is 29.7 Å². The minimum absolute atomic E-state index is 0.0792. The number of aryl methyl sites for hydroxylation is 1. The van der Waals surface area contributed by atoms with Gasteiger partial charge in [0.1, 0.15) is 5.82 Å². The molecule has 10 heteroatoms. The first kappa shape index (κ1) is 21.7. The van der Waals surface area contributed by atoms with E-state index in [2.05, 4.69) is 15.5 Å². The number of nitrogens with one attached hydrogen (secondary N) is 1. The van der Waals surface area contributed by atoms with E-state index >= 15 is 0 Å². The molecule has 0 aromatic carbocycles. The molecule has 2 aliphatic rings. The number of amides is 1. The van der Waals surface area contributed by atoms with E-state index in [1.165, 1.54) is 6.20 Å². The summed E-state index contributed by atoms with van der Waals surface area (Å²) in [5.41, 5.74) is 0.632. The van der Waals surface area contributed by atoms with E-state index in [1.54, 1.807) is 28.9 Å². The fraction of sp³-hybridized carbons (Fsp3) is 0.667. The van der Waals surface area contributed by atoms with Gasteiger partial charge in [-0.15, -0.1) is 0 Å². The van der Waals surface area contributed by atoms with Gasteiger partial charge in [-0.3, -0.25) is 9.48 Å². The number of fused-ring (bicyclic) bond motifs is 1. The van der Waals surface area contributed by atoms with Crippen molar-refractivity contribution in [1.82, 2.24) is 24.5 Å². The lowest BCUT2D eigenvalue weighted by Gasteiger charge is -2.39. The van der Waals surface area contributed by atoms with Crippen LogP contribution in [0.15, 0.2) is 18.5 Å². The summed E-state index contributed by atoms with van der Waals surface area (Å²) in [6.07, 6.45) is 1.10. The van der Waals surface area contributed by atoms with E-state index in [9.17, 15) is 18.0 Å². The molecular weight excluding hydrogens is 409 g/mol. The fourth-order valence-corrected chi connectivity index (χ4v) is 4.50. The summed E-state index contributed by atoms with van der Waals surface area (Å²) >= 11 is 0. The molecule has 1 saturated heterocycles. The first-order chi connectivity index (χ1) is 14.4. The van der Waals surface area contributed by atoms with Crippen LogP contribution in [0.4, 0.5) is 19.0 Å². The van der Waals surface area contributed by atoms with E-state index in [-0.39, 0.29) is 29.8 Å². The molecule has 31 heavy (non-hydrogen) atoms. The van der Waals surface area contributed by atoms with Crippen LogP contribution in [0.5, 0.6) is 0 Å². The highest BCUT2D eigenvalue weighted by Gasteiger charge is 2.48. The SMILES string of the molecule is Cn1cc(C(=O)N2CCCC[C@H]2c2cc3n(n2)[C@@H](C(F)(F)F)C[C@@H](C(C)(C)C)N3)cn1. The predicted octanol–water partition coefficient (Wildman–Crippen LogP) is 4.32. The lowest BCUT2D eigenvalue weighted by atomic mass is 9.82. The maximum Gasteiger partial charge on any atom is 0.410 e. The van der Waals surface area contributed by atoms with Crippen molar-refractivity contribution in [3.63, 3.8) is 0 Å². The number of aromatic nitrogens is 4. The minimum Gasteiger partial charge on any atom is -0.367 e. The van der Waals surface area contributed by atoms with Gasteiger partial charge in [0, 0.05) is 31.9 Å². The lowest BCUT2D eigenvalue weighted by molar-refractivity contribution is -0.175. The smallest absolute Gasteiger partial charge is 0.367 e. The molecule has 0 spiro atoms. The Hall–Kier alpha value is -2.52. The Labute approximate surface area is 179 Å². The summed E-state index contributed by atoms with van der Waals surface area (Å²) in [5, 5.41) is 11.7. The quantitative estimate of drug-likeness (QED) is 0.759.